The fraction of sp³-hybridized carbons (Fsp3) is 0.929. The molecule has 0 aromatic rings. The van der Waals surface area contributed by atoms with E-state index in [-0.39, 0.29) is 5.41 Å². The van der Waals surface area contributed by atoms with Crippen LogP contribution in [0.4, 0.5) is 0 Å². The van der Waals surface area contributed by atoms with Gasteiger partial charge in [0.05, 0.1) is 6.10 Å². The molecule has 0 atom stereocenters. The summed E-state index contributed by atoms with van der Waals surface area (Å²) in [6, 6.07) is 0. The van der Waals surface area contributed by atoms with Gasteiger partial charge >= 0.3 is 0 Å². The van der Waals surface area contributed by atoms with Gasteiger partial charge < -0.3 is 15.4 Å². The van der Waals surface area contributed by atoms with Crippen LogP contribution in [0, 0.1) is 5.41 Å². The number of nitrogens with zero attached hydrogens (tertiary/aromatic N) is 1. The molecule has 1 aliphatic heterocycles. The summed E-state index contributed by atoms with van der Waals surface area (Å²) in [7, 11) is 0. The first-order chi connectivity index (χ1) is 8.72. The molecule has 1 heterocycles. The molecule has 0 aromatic heterocycles. The van der Waals surface area contributed by atoms with Crippen LogP contribution in [0.1, 0.15) is 45.4 Å². The van der Waals surface area contributed by atoms with E-state index in [9.17, 15) is 4.79 Å². The summed E-state index contributed by atoms with van der Waals surface area (Å²) in [6.07, 6.45) is 6.41. The van der Waals surface area contributed by atoms with Crippen LogP contribution in [0.3, 0.4) is 0 Å². The largest absolute Gasteiger partial charge is 0.378 e. The van der Waals surface area contributed by atoms with Gasteiger partial charge in [-0.1, -0.05) is 6.92 Å². The van der Waals surface area contributed by atoms with E-state index in [1.54, 1.807) is 0 Å². The summed E-state index contributed by atoms with van der Waals surface area (Å²) in [4.78, 5) is 14.4. The number of carbonyl (C=O) groups is 1. The van der Waals surface area contributed by atoms with Gasteiger partial charge in [0.1, 0.15) is 0 Å². The molecule has 0 spiro atoms. The number of rotatable bonds is 6. The van der Waals surface area contributed by atoms with Crippen LogP contribution in [0.2, 0.25) is 0 Å². The molecular formula is C14H26N2O2. The summed E-state index contributed by atoms with van der Waals surface area (Å²) in [5.41, 5.74) is 5.46. The number of amides is 1. The zero-order valence-corrected chi connectivity index (χ0v) is 11.5. The topological polar surface area (TPSA) is 55.6 Å². The van der Waals surface area contributed by atoms with Crippen LogP contribution in [-0.4, -0.2) is 43.2 Å². The molecule has 0 unspecified atom stereocenters. The monoisotopic (exact) mass is 254 g/mol. The third-order valence-corrected chi connectivity index (χ3v) is 4.42. The molecule has 1 saturated carbocycles. The van der Waals surface area contributed by atoms with Crippen LogP contribution in [0.15, 0.2) is 0 Å². The van der Waals surface area contributed by atoms with Crippen LogP contribution >= 0.6 is 0 Å². The van der Waals surface area contributed by atoms with Crippen molar-refractivity contribution in [2.45, 2.75) is 51.6 Å². The second-order valence-corrected chi connectivity index (χ2v) is 5.64. The highest BCUT2D eigenvalue weighted by Crippen LogP contribution is 2.50. The Morgan fingerprint density at radius 2 is 2.06 bits per heavy atom. The van der Waals surface area contributed by atoms with Crippen molar-refractivity contribution in [1.82, 2.24) is 4.90 Å². The summed E-state index contributed by atoms with van der Waals surface area (Å²) < 4.78 is 5.76. The fourth-order valence-corrected chi connectivity index (χ4v) is 2.76. The Hall–Kier alpha value is -0.610. The molecule has 2 aliphatic rings. The lowest BCUT2D eigenvalue weighted by atomic mass is 9.99. The standard InChI is InChI=1S/C14H26N2O2/c1-2-14(6-7-14)13(17)16-9-4-12(5-10-16)18-11-3-8-15/h12H,2-11,15H2,1H3. The molecule has 18 heavy (non-hydrogen) atoms. The number of hydrogen-bond acceptors (Lipinski definition) is 3. The lowest BCUT2D eigenvalue weighted by Crippen LogP contribution is -2.44. The molecule has 1 aliphatic carbocycles. The van der Waals surface area contributed by atoms with Crippen molar-refractivity contribution in [2.24, 2.45) is 11.1 Å². The van der Waals surface area contributed by atoms with Crippen molar-refractivity contribution in [3.05, 3.63) is 0 Å². The van der Waals surface area contributed by atoms with Gasteiger partial charge in [0, 0.05) is 25.1 Å². The van der Waals surface area contributed by atoms with Crippen molar-refractivity contribution in [3.8, 4) is 0 Å². The normalized spacial score (nSPS) is 23.1. The smallest absolute Gasteiger partial charge is 0.228 e. The maximum atomic E-state index is 12.3. The number of ether oxygens (including phenoxy) is 1. The Morgan fingerprint density at radius 3 is 2.56 bits per heavy atom. The molecule has 1 amide bonds. The van der Waals surface area contributed by atoms with Crippen molar-refractivity contribution < 1.29 is 9.53 Å². The molecule has 4 nitrogen and oxygen atoms in total. The van der Waals surface area contributed by atoms with Gasteiger partial charge in [0.2, 0.25) is 5.91 Å². The van der Waals surface area contributed by atoms with Crippen LogP contribution in [0.25, 0.3) is 0 Å². The van der Waals surface area contributed by atoms with Crippen LogP contribution in [-0.2, 0) is 9.53 Å². The Balaban J connectivity index is 1.71. The summed E-state index contributed by atoms with van der Waals surface area (Å²) >= 11 is 0. The molecule has 2 rings (SSSR count). The average molecular weight is 254 g/mol. The molecule has 1 saturated heterocycles. The number of carbonyl (C=O) groups excluding carboxylic acids is 1. The third-order valence-electron chi connectivity index (χ3n) is 4.42. The molecular weight excluding hydrogens is 228 g/mol. The number of hydrogen-bond donors (Lipinski definition) is 1. The molecule has 4 heteroatoms. The zero-order valence-electron chi connectivity index (χ0n) is 11.5. The van der Waals surface area contributed by atoms with E-state index in [4.69, 9.17) is 10.5 Å². The minimum absolute atomic E-state index is 0.0211. The Kier molecular flexibility index (Phi) is 4.62. The van der Waals surface area contributed by atoms with Crippen LogP contribution in [0.5, 0.6) is 0 Å². The SMILES string of the molecule is CCC1(C(=O)N2CCC(OCCCN)CC2)CC1. The number of nitrogens with two attached hydrogens (primary N) is 1. The molecule has 0 bridgehead atoms. The second-order valence-electron chi connectivity index (χ2n) is 5.64. The van der Waals surface area contributed by atoms with E-state index in [2.05, 4.69) is 11.8 Å². The lowest BCUT2D eigenvalue weighted by molar-refractivity contribution is -0.139. The van der Waals surface area contributed by atoms with Gasteiger partial charge in [-0.05, 0) is 45.1 Å². The van der Waals surface area contributed by atoms with Gasteiger partial charge in [-0.25, -0.2) is 0 Å². The van der Waals surface area contributed by atoms with Crippen molar-refractivity contribution in [3.63, 3.8) is 0 Å². The Morgan fingerprint density at radius 1 is 1.39 bits per heavy atom. The summed E-state index contributed by atoms with van der Waals surface area (Å²) in [5, 5.41) is 0. The lowest BCUT2D eigenvalue weighted by Gasteiger charge is -2.34. The molecule has 0 radical (unpaired) electrons. The first-order valence-electron chi connectivity index (χ1n) is 7.33. The highest BCUT2D eigenvalue weighted by molar-refractivity contribution is 5.85. The van der Waals surface area contributed by atoms with Gasteiger partial charge in [-0.2, -0.15) is 0 Å². The van der Waals surface area contributed by atoms with Crippen molar-refractivity contribution in [1.29, 1.82) is 0 Å². The van der Waals surface area contributed by atoms with E-state index in [0.717, 1.165) is 58.2 Å². The van der Waals surface area contributed by atoms with E-state index in [1.165, 1.54) is 0 Å². The highest BCUT2D eigenvalue weighted by Gasteiger charge is 2.50. The van der Waals surface area contributed by atoms with Crippen LogP contribution < -0.4 is 5.73 Å². The van der Waals surface area contributed by atoms with Gasteiger partial charge in [0.25, 0.3) is 0 Å². The maximum Gasteiger partial charge on any atom is 0.228 e. The number of likely N-dealkylation sites (tertiary alicyclic amines) is 1. The quantitative estimate of drug-likeness (QED) is 0.731. The minimum atomic E-state index is 0.0211. The summed E-state index contributed by atoms with van der Waals surface area (Å²) in [6.45, 7) is 5.32. The molecule has 104 valence electrons. The number of piperidine rings is 1. The van der Waals surface area contributed by atoms with Gasteiger partial charge in [-0.3, -0.25) is 4.79 Å². The Labute approximate surface area is 110 Å². The average Bonchev–Trinajstić information content (AvgIpc) is 3.20. The molecule has 2 fully saturated rings. The molecule has 2 N–H and O–H groups in total. The van der Waals surface area contributed by atoms with Gasteiger partial charge in [0.15, 0.2) is 0 Å². The Bertz CT molecular complexity index is 282. The second kappa shape index (κ2) is 6.02. The first-order valence-corrected chi connectivity index (χ1v) is 7.33. The third kappa shape index (κ3) is 3.04. The minimum Gasteiger partial charge on any atom is -0.378 e. The highest BCUT2D eigenvalue weighted by atomic mass is 16.5. The van der Waals surface area contributed by atoms with E-state index in [0.29, 0.717) is 18.6 Å². The van der Waals surface area contributed by atoms with Crippen molar-refractivity contribution >= 4 is 5.91 Å². The van der Waals surface area contributed by atoms with E-state index < -0.39 is 0 Å². The maximum absolute atomic E-state index is 12.3. The van der Waals surface area contributed by atoms with Crippen molar-refractivity contribution in [2.75, 3.05) is 26.2 Å². The van der Waals surface area contributed by atoms with Gasteiger partial charge in [-0.15, -0.1) is 0 Å². The summed E-state index contributed by atoms with van der Waals surface area (Å²) in [5.74, 6) is 0.394. The first kappa shape index (κ1) is 13.8. The fourth-order valence-electron chi connectivity index (χ4n) is 2.76. The predicted octanol–water partition coefficient (Wildman–Crippen LogP) is 1.53. The predicted molar refractivity (Wildman–Crippen MR) is 71.2 cm³/mol. The van der Waals surface area contributed by atoms with E-state index in [1.807, 2.05) is 0 Å². The molecule has 0 aromatic carbocycles. The zero-order chi connectivity index (χ0) is 13.0. The van der Waals surface area contributed by atoms with E-state index >= 15 is 0 Å².